The number of hydrogen-bond acceptors (Lipinski definition) is 2. The van der Waals surface area contributed by atoms with E-state index in [2.05, 4.69) is 30.3 Å². The van der Waals surface area contributed by atoms with Crippen LogP contribution >= 0.6 is 0 Å². The predicted molar refractivity (Wildman–Crippen MR) is 73.5 cm³/mol. The summed E-state index contributed by atoms with van der Waals surface area (Å²) in [5, 5.41) is 0. The third-order valence-corrected chi connectivity index (χ3v) is 3.40. The second-order valence-corrected chi connectivity index (χ2v) is 5.54. The van der Waals surface area contributed by atoms with Crippen LogP contribution in [0.5, 0.6) is 0 Å². The summed E-state index contributed by atoms with van der Waals surface area (Å²) in [7, 11) is 0. The van der Waals surface area contributed by atoms with E-state index in [1.165, 1.54) is 31.2 Å². The fourth-order valence-electron chi connectivity index (χ4n) is 2.43. The van der Waals surface area contributed by atoms with E-state index in [0.717, 1.165) is 13.0 Å². The predicted octanol–water partition coefficient (Wildman–Crippen LogP) is 3.94. The molecule has 1 atom stereocenters. The average Bonchev–Trinajstić information content (AvgIpc) is 2.70. The van der Waals surface area contributed by atoms with Gasteiger partial charge < -0.3 is 9.47 Å². The van der Waals surface area contributed by atoms with Crippen molar-refractivity contribution < 1.29 is 9.47 Å². The normalized spacial score (nSPS) is 22.2. The summed E-state index contributed by atoms with van der Waals surface area (Å²) in [5.74, 6) is -0.366. The van der Waals surface area contributed by atoms with E-state index in [1.54, 1.807) is 0 Å². The summed E-state index contributed by atoms with van der Waals surface area (Å²) in [4.78, 5) is 0. The second kappa shape index (κ2) is 6.35. The van der Waals surface area contributed by atoms with E-state index in [-0.39, 0.29) is 5.79 Å². The number of rotatable bonds is 6. The fourth-order valence-corrected chi connectivity index (χ4v) is 2.43. The van der Waals surface area contributed by atoms with Gasteiger partial charge in [-0.15, -0.1) is 0 Å². The highest BCUT2D eigenvalue weighted by atomic mass is 16.7. The topological polar surface area (TPSA) is 18.5 Å². The number of hydrogen-bond donors (Lipinski definition) is 0. The maximum Gasteiger partial charge on any atom is 0.163 e. The third-order valence-electron chi connectivity index (χ3n) is 3.40. The summed E-state index contributed by atoms with van der Waals surface area (Å²) in [6.07, 6.45) is 6.39. The molecule has 1 saturated heterocycles. The first kappa shape index (κ1) is 13.6. The highest BCUT2D eigenvalue weighted by Gasteiger charge is 2.31. The molecule has 1 aromatic rings. The first-order chi connectivity index (χ1) is 8.66. The van der Waals surface area contributed by atoms with E-state index < -0.39 is 0 Å². The van der Waals surface area contributed by atoms with E-state index in [4.69, 9.17) is 9.47 Å². The number of unbranched alkanes of at least 4 members (excludes halogenated alkanes) is 2. The molecule has 0 saturated carbocycles. The zero-order valence-electron chi connectivity index (χ0n) is 11.5. The number of ether oxygens (including phenoxy) is 2. The van der Waals surface area contributed by atoms with Crippen LogP contribution in [0.25, 0.3) is 0 Å². The molecule has 18 heavy (non-hydrogen) atoms. The Balaban J connectivity index is 1.54. The Morgan fingerprint density at radius 1 is 1.11 bits per heavy atom. The molecule has 2 heteroatoms. The Kier molecular flexibility index (Phi) is 4.79. The van der Waals surface area contributed by atoms with Crippen molar-refractivity contribution in [3.8, 4) is 0 Å². The van der Waals surface area contributed by atoms with Crippen molar-refractivity contribution in [3.63, 3.8) is 0 Å². The largest absolute Gasteiger partial charge is 0.348 e. The Morgan fingerprint density at radius 2 is 1.89 bits per heavy atom. The lowest BCUT2D eigenvalue weighted by Crippen LogP contribution is -2.21. The van der Waals surface area contributed by atoms with Crippen LogP contribution in [0.3, 0.4) is 0 Å². The second-order valence-electron chi connectivity index (χ2n) is 5.54. The van der Waals surface area contributed by atoms with Crippen molar-refractivity contribution in [1.82, 2.24) is 0 Å². The highest BCUT2D eigenvalue weighted by Crippen LogP contribution is 2.25. The van der Waals surface area contributed by atoms with Crippen LogP contribution in [0, 0.1) is 0 Å². The molecule has 0 aliphatic carbocycles. The van der Waals surface area contributed by atoms with E-state index in [9.17, 15) is 0 Å². The lowest BCUT2D eigenvalue weighted by atomic mass is 10.1. The molecule has 1 unspecified atom stereocenters. The van der Waals surface area contributed by atoms with Crippen LogP contribution in [-0.2, 0) is 15.9 Å². The zero-order chi connectivity index (χ0) is 12.8. The van der Waals surface area contributed by atoms with E-state index in [0.29, 0.717) is 6.10 Å². The standard InChI is InChI=1S/C16H24O2/c1-16(2)17-13-15(18-16)12-8-4-7-11-14-9-5-3-6-10-14/h3,5-6,9-10,15H,4,7-8,11-13H2,1-2H3. The molecule has 0 aromatic heterocycles. The molecule has 2 rings (SSSR count). The summed E-state index contributed by atoms with van der Waals surface area (Å²) in [5.41, 5.74) is 1.44. The summed E-state index contributed by atoms with van der Waals surface area (Å²) >= 11 is 0. The molecule has 0 spiro atoms. The van der Waals surface area contributed by atoms with Gasteiger partial charge >= 0.3 is 0 Å². The van der Waals surface area contributed by atoms with Gasteiger partial charge in [-0.25, -0.2) is 0 Å². The van der Waals surface area contributed by atoms with Crippen LogP contribution in [0.1, 0.15) is 45.1 Å². The molecule has 2 nitrogen and oxygen atoms in total. The van der Waals surface area contributed by atoms with Crippen molar-refractivity contribution in [2.45, 2.75) is 57.8 Å². The van der Waals surface area contributed by atoms with Crippen molar-refractivity contribution in [1.29, 1.82) is 0 Å². The van der Waals surface area contributed by atoms with Gasteiger partial charge in [0.05, 0.1) is 12.7 Å². The van der Waals surface area contributed by atoms with Gasteiger partial charge in [0.25, 0.3) is 0 Å². The van der Waals surface area contributed by atoms with Crippen LogP contribution in [0.15, 0.2) is 30.3 Å². The molecule has 1 fully saturated rings. The van der Waals surface area contributed by atoms with Crippen molar-refractivity contribution in [3.05, 3.63) is 35.9 Å². The van der Waals surface area contributed by atoms with Crippen LogP contribution < -0.4 is 0 Å². The van der Waals surface area contributed by atoms with Gasteiger partial charge in [-0.05, 0) is 38.7 Å². The van der Waals surface area contributed by atoms with E-state index in [1.807, 2.05) is 13.8 Å². The lowest BCUT2D eigenvalue weighted by Gasteiger charge is -2.16. The van der Waals surface area contributed by atoms with Crippen LogP contribution in [0.4, 0.5) is 0 Å². The minimum atomic E-state index is -0.366. The summed E-state index contributed by atoms with van der Waals surface area (Å²) in [6, 6.07) is 10.7. The molecule has 1 aliphatic heterocycles. The number of benzene rings is 1. The first-order valence-electron chi connectivity index (χ1n) is 7.01. The average molecular weight is 248 g/mol. The zero-order valence-corrected chi connectivity index (χ0v) is 11.5. The highest BCUT2D eigenvalue weighted by molar-refractivity contribution is 5.14. The maximum atomic E-state index is 5.79. The Labute approximate surface area is 110 Å². The van der Waals surface area contributed by atoms with Gasteiger partial charge in [-0.2, -0.15) is 0 Å². The molecule has 0 N–H and O–H groups in total. The summed E-state index contributed by atoms with van der Waals surface area (Å²) < 4.78 is 11.3. The molecular formula is C16H24O2. The van der Waals surface area contributed by atoms with Crippen molar-refractivity contribution in [2.75, 3.05) is 6.61 Å². The smallest absolute Gasteiger partial charge is 0.163 e. The molecule has 0 bridgehead atoms. The first-order valence-corrected chi connectivity index (χ1v) is 7.01. The van der Waals surface area contributed by atoms with Crippen molar-refractivity contribution >= 4 is 0 Å². The molecule has 0 radical (unpaired) electrons. The Morgan fingerprint density at radius 3 is 2.56 bits per heavy atom. The molecule has 0 amide bonds. The molecule has 1 aromatic carbocycles. The van der Waals surface area contributed by atoms with Gasteiger partial charge in [0.1, 0.15) is 0 Å². The Bertz CT molecular complexity index is 345. The lowest BCUT2D eigenvalue weighted by molar-refractivity contribution is -0.139. The van der Waals surface area contributed by atoms with Crippen molar-refractivity contribution in [2.24, 2.45) is 0 Å². The van der Waals surface area contributed by atoms with Gasteiger partial charge in [0.15, 0.2) is 5.79 Å². The minimum absolute atomic E-state index is 0.303. The quantitative estimate of drug-likeness (QED) is 0.710. The molecular weight excluding hydrogens is 224 g/mol. The molecule has 100 valence electrons. The van der Waals surface area contributed by atoms with Gasteiger partial charge in [-0.3, -0.25) is 0 Å². The van der Waals surface area contributed by atoms with Gasteiger partial charge in [0, 0.05) is 0 Å². The summed E-state index contributed by atoms with van der Waals surface area (Å²) in [6.45, 7) is 4.73. The van der Waals surface area contributed by atoms with E-state index >= 15 is 0 Å². The SMILES string of the molecule is CC1(C)OCC(CCCCCc2ccccc2)O1. The van der Waals surface area contributed by atoms with Crippen LogP contribution in [0.2, 0.25) is 0 Å². The number of aryl methyl sites for hydroxylation is 1. The van der Waals surface area contributed by atoms with Gasteiger partial charge in [0.2, 0.25) is 0 Å². The fraction of sp³-hybridized carbons (Fsp3) is 0.625. The Hall–Kier alpha value is -0.860. The molecule has 1 heterocycles. The monoisotopic (exact) mass is 248 g/mol. The maximum absolute atomic E-state index is 5.79. The minimum Gasteiger partial charge on any atom is -0.348 e. The third kappa shape index (κ3) is 4.43. The molecule has 1 aliphatic rings. The van der Waals surface area contributed by atoms with Crippen LogP contribution in [-0.4, -0.2) is 18.5 Å². The van der Waals surface area contributed by atoms with Gasteiger partial charge in [-0.1, -0.05) is 43.2 Å².